The zero-order valence-electron chi connectivity index (χ0n) is 11.8. The van der Waals surface area contributed by atoms with Gasteiger partial charge in [-0.15, -0.1) is 0 Å². The highest BCUT2D eigenvalue weighted by Gasteiger charge is 2.31. The molecule has 0 aromatic heterocycles. The molecular weight excluding hydrogens is 266 g/mol. The van der Waals surface area contributed by atoms with Gasteiger partial charge in [0.1, 0.15) is 0 Å². The zero-order chi connectivity index (χ0) is 14.5. The van der Waals surface area contributed by atoms with Crippen molar-refractivity contribution in [1.29, 1.82) is 0 Å². The summed E-state index contributed by atoms with van der Waals surface area (Å²) in [5.41, 5.74) is 4.74. The van der Waals surface area contributed by atoms with Crippen molar-refractivity contribution in [3.63, 3.8) is 0 Å². The van der Waals surface area contributed by atoms with Crippen LogP contribution in [0.15, 0.2) is 0 Å². The molecular formula is C12H25N3O3S. The lowest BCUT2D eigenvalue weighted by atomic mass is 9.96. The summed E-state index contributed by atoms with van der Waals surface area (Å²) < 4.78 is 22.7. The number of nitrogens with one attached hydrogen (secondary N) is 1. The number of carbonyl (C=O) groups is 1. The van der Waals surface area contributed by atoms with Crippen LogP contribution in [0, 0.1) is 0 Å². The van der Waals surface area contributed by atoms with E-state index in [2.05, 4.69) is 10.2 Å². The van der Waals surface area contributed by atoms with E-state index in [0.29, 0.717) is 26.1 Å². The van der Waals surface area contributed by atoms with Crippen molar-refractivity contribution in [2.45, 2.75) is 32.2 Å². The van der Waals surface area contributed by atoms with Crippen LogP contribution < -0.4 is 11.1 Å². The monoisotopic (exact) mass is 291 g/mol. The molecule has 6 nitrogen and oxygen atoms in total. The standard InChI is InChI=1S/C12H25N3O3S/c1-3-5-14-12(2,11(13)16)4-6-15-7-9-19(17,18)10-8-15/h14H,3-10H2,1-2H3,(H2,13,16). The molecule has 0 aliphatic carbocycles. The van der Waals surface area contributed by atoms with Crippen molar-refractivity contribution in [3.05, 3.63) is 0 Å². The highest BCUT2D eigenvalue weighted by molar-refractivity contribution is 7.91. The first kappa shape index (κ1) is 16.4. The maximum atomic E-state index is 11.5. The third-order valence-corrected chi connectivity index (χ3v) is 5.28. The summed E-state index contributed by atoms with van der Waals surface area (Å²) in [7, 11) is -2.85. The smallest absolute Gasteiger partial charge is 0.237 e. The van der Waals surface area contributed by atoms with E-state index >= 15 is 0 Å². The maximum Gasteiger partial charge on any atom is 0.237 e. The molecule has 0 bridgehead atoms. The number of amides is 1. The highest BCUT2D eigenvalue weighted by atomic mass is 32.2. The number of sulfone groups is 1. The van der Waals surface area contributed by atoms with Crippen molar-refractivity contribution in [2.24, 2.45) is 5.73 Å². The van der Waals surface area contributed by atoms with E-state index in [-0.39, 0.29) is 17.4 Å². The molecule has 0 radical (unpaired) electrons. The molecule has 19 heavy (non-hydrogen) atoms. The van der Waals surface area contributed by atoms with Crippen molar-refractivity contribution >= 4 is 15.7 Å². The van der Waals surface area contributed by atoms with Crippen molar-refractivity contribution < 1.29 is 13.2 Å². The summed E-state index contributed by atoms with van der Waals surface area (Å²) in [5, 5.41) is 3.18. The fraction of sp³-hybridized carbons (Fsp3) is 0.917. The average molecular weight is 291 g/mol. The van der Waals surface area contributed by atoms with Gasteiger partial charge in [0.2, 0.25) is 5.91 Å². The number of hydrogen-bond donors (Lipinski definition) is 2. The van der Waals surface area contributed by atoms with Crippen LogP contribution in [-0.4, -0.2) is 62.4 Å². The molecule has 1 heterocycles. The Labute approximate surface area is 115 Å². The quantitative estimate of drug-likeness (QED) is 0.650. The van der Waals surface area contributed by atoms with Gasteiger partial charge in [0.05, 0.1) is 17.0 Å². The average Bonchev–Trinajstić information content (AvgIpc) is 2.35. The molecule has 7 heteroatoms. The Morgan fingerprint density at radius 3 is 2.42 bits per heavy atom. The zero-order valence-corrected chi connectivity index (χ0v) is 12.6. The minimum Gasteiger partial charge on any atom is -0.368 e. The maximum absolute atomic E-state index is 11.5. The predicted octanol–water partition coefficient (Wildman–Crippen LogP) is -0.649. The van der Waals surface area contributed by atoms with Crippen molar-refractivity contribution in [2.75, 3.05) is 37.7 Å². The number of nitrogens with zero attached hydrogens (tertiary/aromatic N) is 1. The lowest BCUT2D eigenvalue weighted by Crippen LogP contribution is -2.55. The van der Waals surface area contributed by atoms with E-state index in [0.717, 1.165) is 13.0 Å². The number of primary amides is 1. The SMILES string of the molecule is CCCNC(C)(CCN1CCS(=O)(=O)CC1)C(N)=O. The van der Waals surface area contributed by atoms with Gasteiger partial charge in [-0.25, -0.2) is 8.42 Å². The first-order valence-electron chi connectivity index (χ1n) is 6.77. The molecule has 1 aliphatic rings. The summed E-state index contributed by atoms with van der Waals surface area (Å²) >= 11 is 0. The third-order valence-electron chi connectivity index (χ3n) is 3.67. The first-order chi connectivity index (χ1) is 8.79. The van der Waals surface area contributed by atoms with E-state index in [1.54, 1.807) is 0 Å². The third kappa shape index (κ3) is 5.08. The second-order valence-corrected chi connectivity index (χ2v) is 7.67. The molecule has 1 atom stereocenters. The molecule has 112 valence electrons. The van der Waals surface area contributed by atoms with Crippen LogP contribution in [0.5, 0.6) is 0 Å². The Balaban J connectivity index is 2.47. The topological polar surface area (TPSA) is 92.5 Å². The van der Waals surface area contributed by atoms with Gasteiger partial charge in [0.15, 0.2) is 9.84 Å². The Morgan fingerprint density at radius 1 is 1.37 bits per heavy atom. The first-order valence-corrected chi connectivity index (χ1v) is 8.59. The minimum absolute atomic E-state index is 0.211. The second kappa shape index (κ2) is 6.67. The Hall–Kier alpha value is -0.660. The predicted molar refractivity (Wildman–Crippen MR) is 75.6 cm³/mol. The van der Waals surface area contributed by atoms with Crippen LogP contribution in [0.25, 0.3) is 0 Å². The lowest BCUT2D eigenvalue weighted by Gasteiger charge is -2.32. The summed E-state index contributed by atoms with van der Waals surface area (Å²) in [6.45, 7) is 6.37. The molecule has 1 unspecified atom stereocenters. The van der Waals surface area contributed by atoms with E-state index in [9.17, 15) is 13.2 Å². The van der Waals surface area contributed by atoms with Crippen LogP contribution in [-0.2, 0) is 14.6 Å². The molecule has 3 N–H and O–H groups in total. The van der Waals surface area contributed by atoms with Crippen molar-refractivity contribution in [1.82, 2.24) is 10.2 Å². The normalized spacial score (nSPS) is 22.8. The molecule has 0 saturated carbocycles. The lowest BCUT2D eigenvalue weighted by molar-refractivity contribution is -0.124. The van der Waals surface area contributed by atoms with Gasteiger partial charge in [-0.3, -0.25) is 4.79 Å². The fourth-order valence-electron chi connectivity index (χ4n) is 2.06. The van der Waals surface area contributed by atoms with Gasteiger partial charge in [-0.2, -0.15) is 0 Å². The van der Waals surface area contributed by atoms with E-state index in [4.69, 9.17) is 5.73 Å². The largest absolute Gasteiger partial charge is 0.368 e. The van der Waals surface area contributed by atoms with Crippen LogP contribution >= 0.6 is 0 Å². The summed E-state index contributed by atoms with van der Waals surface area (Å²) in [6.07, 6.45) is 1.53. The number of carbonyl (C=O) groups excluding carboxylic acids is 1. The minimum atomic E-state index is -2.85. The molecule has 0 spiro atoms. The molecule has 1 amide bonds. The number of hydrogen-bond acceptors (Lipinski definition) is 5. The van der Waals surface area contributed by atoms with Gasteiger partial charge in [0.25, 0.3) is 0 Å². The van der Waals surface area contributed by atoms with Gasteiger partial charge < -0.3 is 16.0 Å². The van der Waals surface area contributed by atoms with E-state index in [1.165, 1.54) is 0 Å². The molecule has 1 rings (SSSR count). The van der Waals surface area contributed by atoms with Crippen LogP contribution in [0.1, 0.15) is 26.7 Å². The molecule has 1 fully saturated rings. The van der Waals surface area contributed by atoms with Crippen LogP contribution in [0.4, 0.5) is 0 Å². The Kier molecular flexibility index (Phi) is 5.76. The van der Waals surface area contributed by atoms with Gasteiger partial charge in [-0.05, 0) is 26.3 Å². The summed E-state index contributed by atoms with van der Waals surface area (Å²) in [5.74, 6) is 0.0660. The summed E-state index contributed by atoms with van der Waals surface area (Å²) in [6, 6.07) is 0. The van der Waals surface area contributed by atoms with E-state index < -0.39 is 15.4 Å². The Morgan fingerprint density at radius 2 is 1.95 bits per heavy atom. The van der Waals surface area contributed by atoms with E-state index in [1.807, 2.05) is 13.8 Å². The highest BCUT2D eigenvalue weighted by Crippen LogP contribution is 2.12. The van der Waals surface area contributed by atoms with Crippen molar-refractivity contribution in [3.8, 4) is 0 Å². The second-order valence-electron chi connectivity index (χ2n) is 5.37. The molecule has 0 aromatic carbocycles. The van der Waals surface area contributed by atoms with Crippen LogP contribution in [0.3, 0.4) is 0 Å². The molecule has 1 aliphatic heterocycles. The van der Waals surface area contributed by atoms with Crippen LogP contribution in [0.2, 0.25) is 0 Å². The Bertz CT molecular complexity index is 396. The summed E-state index contributed by atoms with van der Waals surface area (Å²) in [4.78, 5) is 13.6. The van der Waals surface area contributed by atoms with Gasteiger partial charge >= 0.3 is 0 Å². The van der Waals surface area contributed by atoms with Gasteiger partial charge in [-0.1, -0.05) is 6.92 Å². The fourth-order valence-corrected chi connectivity index (χ4v) is 3.33. The number of nitrogens with two attached hydrogens (primary N) is 1. The molecule has 1 saturated heterocycles. The van der Waals surface area contributed by atoms with Gasteiger partial charge in [0, 0.05) is 19.6 Å². The number of rotatable bonds is 7. The molecule has 0 aromatic rings.